The number of carbonyl (C=O) groups is 1. The Bertz CT molecular complexity index is 711. The summed E-state index contributed by atoms with van der Waals surface area (Å²) in [6, 6.07) is 10.6. The normalized spacial score (nSPS) is 18.0. The maximum absolute atomic E-state index is 12.6. The molecular weight excluding hydrogens is 286 g/mol. The Labute approximate surface area is 137 Å². The summed E-state index contributed by atoms with van der Waals surface area (Å²) >= 11 is 0. The topological polar surface area (TPSA) is 46.1 Å². The number of aryl methyl sites for hydroxylation is 2. The van der Waals surface area contributed by atoms with Crippen LogP contribution in [0.4, 0.5) is 0 Å². The van der Waals surface area contributed by atoms with Crippen molar-refractivity contribution in [3.63, 3.8) is 0 Å². The van der Waals surface area contributed by atoms with E-state index in [4.69, 9.17) is 0 Å². The van der Waals surface area contributed by atoms with Crippen LogP contribution in [0.3, 0.4) is 0 Å². The summed E-state index contributed by atoms with van der Waals surface area (Å²) < 4.78 is 2.15. The molecule has 0 spiro atoms. The second kappa shape index (κ2) is 6.59. The summed E-state index contributed by atoms with van der Waals surface area (Å²) in [6.07, 6.45) is 2.17. The molecule has 1 aromatic heterocycles. The molecule has 1 atom stereocenters. The predicted octanol–water partition coefficient (Wildman–Crippen LogP) is 2.88. The van der Waals surface area contributed by atoms with Crippen molar-refractivity contribution in [1.82, 2.24) is 15.2 Å². The van der Waals surface area contributed by atoms with Gasteiger partial charge in [-0.3, -0.25) is 4.79 Å². The second-order valence-electron chi connectivity index (χ2n) is 6.48. The van der Waals surface area contributed by atoms with E-state index in [1.165, 1.54) is 5.56 Å². The van der Waals surface area contributed by atoms with Crippen LogP contribution in [-0.2, 0) is 0 Å². The summed E-state index contributed by atoms with van der Waals surface area (Å²) in [7, 11) is 0. The zero-order valence-corrected chi connectivity index (χ0v) is 14.1. The van der Waals surface area contributed by atoms with Crippen molar-refractivity contribution in [3.05, 3.63) is 52.8 Å². The lowest BCUT2D eigenvalue weighted by Crippen LogP contribution is -2.45. The van der Waals surface area contributed by atoms with Gasteiger partial charge in [0.2, 0.25) is 0 Å². The first-order valence-corrected chi connectivity index (χ1v) is 8.34. The number of nitrogens with zero attached hydrogens (tertiary/aromatic N) is 1. The van der Waals surface area contributed by atoms with Gasteiger partial charge in [-0.2, -0.15) is 0 Å². The van der Waals surface area contributed by atoms with Crippen LogP contribution in [0.5, 0.6) is 0 Å². The Balaban J connectivity index is 1.86. The lowest BCUT2D eigenvalue weighted by atomic mass is 10.1. The van der Waals surface area contributed by atoms with Crippen molar-refractivity contribution < 1.29 is 4.79 Å². The molecule has 1 aliphatic rings. The first kappa shape index (κ1) is 15.8. The van der Waals surface area contributed by atoms with Gasteiger partial charge < -0.3 is 15.2 Å². The van der Waals surface area contributed by atoms with Gasteiger partial charge in [0.25, 0.3) is 5.91 Å². The van der Waals surface area contributed by atoms with Gasteiger partial charge in [0.1, 0.15) is 0 Å². The van der Waals surface area contributed by atoms with Gasteiger partial charge in [-0.05, 0) is 63.9 Å². The first-order chi connectivity index (χ1) is 11.1. The average molecular weight is 311 g/mol. The number of hydrogen-bond donors (Lipinski definition) is 2. The van der Waals surface area contributed by atoms with Gasteiger partial charge in [0.15, 0.2) is 0 Å². The Kier molecular flexibility index (Phi) is 4.53. The molecule has 1 amide bonds. The molecule has 2 N–H and O–H groups in total. The minimum atomic E-state index is 0.0331. The number of aromatic nitrogens is 1. The van der Waals surface area contributed by atoms with Crippen molar-refractivity contribution in [2.24, 2.45) is 0 Å². The smallest absolute Gasteiger partial charge is 0.253 e. The van der Waals surface area contributed by atoms with E-state index < -0.39 is 0 Å². The first-order valence-electron chi connectivity index (χ1n) is 8.34. The molecule has 122 valence electrons. The van der Waals surface area contributed by atoms with Gasteiger partial charge in [-0.15, -0.1) is 0 Å². The van der Waals surface area contributed by atoms with Gasteiger partial charge >= 0.3 is 0 Å². The van der Waals surface area contributed by atoms with Crippen LogP contribution in [-0.4, -0.2) is 29.6 Å². The molecule has 1 aliphatic heterocycles. The molecule has 3 rings (SSSR count). The van der Waals surface area contributed by atoms with E-state index in [9.17, 15) is 4.79 Å². The van der Waals surface area contributed by atoms with Crippen LogP contribution in [0.1, 0.15) is 40.2 Å². The minimum absolute atomic E-state index is 0.0331. The molecule has 2 aromatic rings. The number of amides is 1. The summed E-state index contributed by atoms with van der Waals surface area (Å²) in [5, 5.41) is 6.50. The highest BCUT2D eigenvalue weighted by Gasteiger charge is 2.20. The van der Waals surface area contributed by atoms with E-state index in [1.54, 1.807) is 0 Å². The summed E-state index contributed by atoms with van der Waals surface area (Å²) in [6.45, 7) is 8.07. The highest BCUT2D eigenvalue weighted by atomic mass is 16.1. The number of carbonyl (C=O) groups excluding carboxylic acids is 1. The van der Waals surface area contributed by atoms with Crippen LogP contribution in [0.25, 0.3) is 5.69 Å². The van der Waals surface area contributed by atoms with Crippen LogP contribution in [0.2, 0.25) is 0 Å². The summed E-state index contributed by atoms with van der Waals surface area (Å²) in [5.74, 6) is 0.0331. The van der Waals surface area contributed by atoms with E-state index in [2.05, 4.69) is 46.4 Å². The molecule has 0 saturated carbocycles. The third kappa shape index (κ3) is 3.32. The van der Waals surface area contributed by atoms with Crippen LogP contribution in [0, 0.1) is 20.8 Å². The van der Waals surface area contributed by atoms with Crippen molar-refractivity contribution in [1.29, 1.82) is 0 Å². The average Bonchev–Trinajstić information content (AvgIpc) is 2.83. The minimum Gasteiger partial charge on any atom is -0.348 e. The van der Waals surface area contributed by atoms with Crippen LogP contribution < -0.4 is 10.6 Å². The molecule has 1 fully saturated rings. The molecule has 1 saturated heterocycles. The molecule has 4 heteroatoms. The third-order valence-corrected chi connectivity index (χ3v) is 4.57. The molecule has 0 aliphatic carbocycles. The lowest BCUT2D eigenvalue weighted by Gasteiger charge is -2.23. The molecule has 0 bridgehead atoms. The maximum Gasteiger partial charge on any atom is 0.253 e. The third-order valence-electron chi connectivity index (χ3n) is 4.57. The molecule has 4 nitrogen and oxygen atoms in total. The number of hydrogen-bond acceptors (Lipinski definition) is 2. The molecule has 1 aromatic carbocycles. The van der Waals surface area contributed by atoms with E-state index >= 15 is 0 Å². The fourth-order valence-electron chi connectivity index (χ4n) is 3.40. The molecular formula is C19H25N3O. The van der Waals surface area contributed by atoms with E-state index in [0.717, 1.165) is 48.6 Å². The van der Waals surface area contributed by atoms with Crippen LogP contribution in [0.15, 0.2) is 30.3 Å². The Morgan fingerprint density at radius 2 is 2.09 bits per heavy atom. The fourth-order valence-corrected chi connectivity index (χ4v) is 3.40. The van der Waals surface area contributed by atoms with Gasteiger partial charge in [0, 0.05) is 29.7 Å². The van der Waals surface area contributed by atoms with Crippen molar-refractivity contribution in [3.8, 4) is 5.69 Å². The largest absolute Gasteiger partial charge is 0.348 e. The number of benzene rings is 1. The SMILES string of the molecule is Cc1cccc(-n2c(C)cc(C(=O)NC3CCCNC3)c2C)c1. The zero-order valence-electron chi connectivity index (χ0n) is 14.1. The predicted molar refractivity (Wildman–Crippen MR) is 93.3 cm³/mol. The van der Waals surface area contributed by atoms with Crippen molar-refractivity contribution >= 4 is 5.91 Å². The Morgan fingerprint density at radius 3 is 2.78 bits per heavy atom. The molecule has 1 unspecified atom stereocenters. The summed E-state index contributed by atoms with van der Waals surface area (Å²) in [5.41, 5.74) is 5.18. The highest BCUT2D eigenvalue weighted by molar-refractivity contribution is 5.96. The maximum atomic E-state index is 12.6. The number of rotatable bonds is 3. The molecule has 2 heterocycles. The molecule has 0 radical (unpaired) electrons. The lowest BCUT2D eigenvalue weighted by molar-refractivity contribution is 0.0930. The molecule has 23 heavy (non-hydrogen) atoms. The monoisotopic (exact) mass is 311 g/mol. The Morgan fingerprint density at radius 1 is 1.26 bits per heavy atom. The standard InChI is InChI=1S/C19H25N3O/c1-13-6-4-8-17(10-13)22-14(2)11-18(15(22)3)19(23)21-16-7-5-9-20-12-16/h4,6,8,10-11,16,20H,5,7,9,12H2,1-3H3,(H,21,23). The quantitative estimate of drug-likeness (QED) is 0.915. The van der Waals surface area contributed by atoms with Gasteiger partial charge in [-0.25, -0.2) is 0 Å². The van der Waals surface area contributed by atoms with E-state index in [1.807, 2.05) is 19.9 Å². The van der Waals surface area contributed by atoms with Gasteiger partial charge in [0.05, 0.1) is 5.56 Å². The zero-order chi connectivity index (χ0) is 16.4. The van der Waals surface area contributed by atoms with E-state index in [0.29, 0.717) is 0 Å². The van der Waals surface area contributed by atoms with Crippen LogP contribution >= 0.6 is 0 Å². The number of nitrogens with one attached hydrogen (secondary N) is 2. The van der Waals surface area contributed by atoms with E-state index in [-0.39, 0.29) is 11.9 Å². The van der Waals surface area contributed by atoms with Crippen molar-refractivity contribution in [2.45, 2.75) is 39.7 Å². The number of piperidine rings is 1. The van der Waals surface area contributed by atoms with Gasteiger partial charge in [-0.1, -0.05) is 12.1 Å². The highest BCUT2D eigenvalue weighted by Crippen LogP contribution is 2.21. The second-order valence-corrected chi connectivity index (χ2v) is 6.48. The Hall–Kier alpha value is -2.07. The van der Waals surface area contributed by atoms with Crippen molar-refractivity contribution in [2.75, 3.05) is 13.1 Å². The fraction of sp³-hybridized carbons (Fsp3) is 0.421. The summed E-state index contributed by atoms with van der Waals surface area (Å²) in [4.78, 5) is 12.6.